The van der Waals surface area contributed by atoms with Crippen LogP contribution >= 0.6 is 0 Å². The normalized spacial score (nSPS) is 15.9. The first-order valence-electron chi connectivity index (χ1n) is 6.70. The lowest BCUT2D eigenvalue weighted by atomic mass is 10.3. The molecule has 1 aromatic rings. The Kier molecular flexibility index (Phi) is 4.09. The highest BCUT2D eigenvalue weighted by molar-refractivity contribution is 5.90. The quantitative estimate of drug-likeness (QED) is 0.890. The maximum Gasteiger partial charge on any atom is 0.322 e. The molecule has 2 heterocycles. The van der Waals surface area contributed by atoms with Crippen LogP contribution in [0.3, 0.4) is 0 Å². The van der Waals surface area contributed by atoms with Gasteiger partial charge in [-0.25, -0.2) is 4.79 Å². The number of aromatic nitrogens is 2. The van der Waals surface area contributed by atoms with Gasteiger partial charge in [-0.05, 0) is 27.7 Å². The van der Waals surface area contributed by atoms with E-state index in [2.05, 4.69) is 24.3 Å². The van der Waals surface area contributed by atoms with E-state index >= 15 is 0 Å². The molecular weight excluding hydrogens is 244 g/mol. The minimum absolute atomic E-state index is 0.0715. The second-order valence-electron chi connectivity index (χ2n) is 5.11. The Balaban J connectivity index is 2.12. The molecule has 0 atom stereocenters. The molecule has 2 amide bonds. The van der Waals surface area contributed by atoms with Gasteiger partial charge in [0.2, 0.25) is 0 Å². The molecule has 1 fully saturated rings. The SMILES string of the molecule is Cc1nn(C(C)C)c(C)c1NC(=O)N1CCOCC1. The molecule has 1 aliphatic heterocycles. The predicted molar refractivity (Wildman–Crippen MR) is 73.5 cm³/mol. The Morgan fingerprint density at radius 1 is 1.32 bits per heavy atom. The third-order valence-electron chi connectivity index (χ3n) is 3.34. The molecule has 0 radical (unpaired) electrons. The van der Waals surface area contributed by atoms with Crippen molar-refractivity contribution in [2.75, 3.05) is 31.6 Å². The predicted octanol–water partition coefficient (Wildman–Crippen LogP) is 1.94. The highest BCUT2D eigenvalue weighted by atomic mass is 16.5. The van der Waals surface area contributed by atoms with Crippen LogP contribution in [0.15, 0.2) is 0 Å². The summed E-state index contributed by atoms with van der Waals surface area (Å²) in [6.45, 7) is 10.5. The molecule has 0 spiro atoms. The molecule has 6 heteroatoms. The summed E-state index contributed by atoms with van der Waals surface area (Å²) < 4.78 is 7.18. The molecule has 0 unspecified atom stereocenters. The van der Waals surface area contributed by atoms with Gasteiger partial charge in [-0.3, -0.25) is 4.68 Å². The first-order chi connectivity index (χ1) is 9.00. The fraction of sp³-hybridized carbons (Fsp3) is 0.692. The van der Waals surface area contributed by atoms with E-state index in [1.165, 1.54) is 0 Å². The van der Waals surface area contributed by atoms with Crippen LogP contribution in [0.25, 0.3) is 0 Å². The fourth-order valence-electron chi connectivity index (χ4n) is 2.30. The van der Waals surface area contributed by atoms with Gasteiger partial charge in [0.15, 0.2) is 0 Å². The monoisotopic (exact) mass is 266 g/mol. The van der Waals surface area contributed by atoms with Gasteiger partial charge in [-0.2, -0.15) is 5.10 Å². The molecule has 0 aliphatic carbocycles. The smallest absolute Gasteiger partial charge is 0.322 e. The summed E-state index contributed by atoms with van der Waals surface area (Å²) in [5, 5.41) is 7.44. The number of hydrogen-bond donors (Lipinski definition) is 1. The Morgan fingerprint density at radius 3 is 2.47 bits per heavy atom. The number of hydrogen-bond acceptors (Lipinski definition) is 3. The first kappa shape index (κ1) is 13.9. The van der Waals surface area contributed by atoms with E-state index < -0.39 is 0 Å². The van der Waals surface area contributed by atoms with Gasteiger partial charge in [0, 0.05) is 19.1 Å². The molecular formula is C13H22N4O2. The highest BCUT2D eigenvalue weighted by Gasteiger charge is 2.20. The number of urea groups is 1. The van der Waals surface area contributed by atoms with E-state index in [-0.39, 0.29) is 12.1 Å². The lowest BCUT2D eigenvalue weighted by Gasteiger charge is -2.27. The van der Waals surface area contributed by atoms with E-state index in [1.807, 2.05) is 18.5 Å². The summed E-state index contributed by atoms with van der Waals surface area (Å²) in [5.74, 6) is 0. The minimum atomic E-state index is -0.0715. The van der Waals surface area contributed by atoms with Gasteiger partial charge in [0.25, 0.3) is 0 Å². The van der Waals surface area contributed by atoms with Crippen LogP contribution in [-0.4, -0.2) is 47.0 Å². The average molecular weight is 266 g/mol. The number of carbonyl (C=O) groups is 1. The minimum Gasteiger partial charge on any atom is -0.378 e. The zero-order valence-electron chi connectivity index (χ0n) is 12.1. The van der Waals surface area contributed by atoms with Gasteiger partial charge in [-0.1, -0.05) is 0 Å². The summed E-state index contributed by atoms with van der Waals surface area (Å²) in [6, 6.07) is 0.213. The second-order valence-corrected chi connectivity index (χ2v) is 5.11. The van der Waals surface area contributed by atoms with Crippen LogP contribution in [0, 0.1) is 13.8 Å². The molecule has 6 nitrogen and oxygen atoms in total. The lowest BCUT2D eigenvalue weighted by molar-refractivity contribution is 0.0564. The Morgan fingerprint density at radius 2 is 1.95 bits per heavy atom. The summed E-state index contributed by atoms with van der Waals surface area (Å²) in [5.41, 5.74) is 2.67. The Hall–Kier alpha value is -1.56. The molecule has 2 rings (SSSR count). The van der Waals surface area contributed by atoms with Gasteiger partial charge in [0.1, 0.15) is 0 Å². The van der Waals surface area contributed by atoms with Crippen molar-refractivity contribution < 1.29 is 9.53 Å². The van der Waals surface area contributed by atoms with Crippen molar-refractivity contribution in [2.24, 2.45) is 0 Å². The van der Waals surface area contributed by atoms with Gasteiger partial charge in [-0.15, -0.1) is 0 Å². The number of morpholine rings is 1. The molecule has 0 aromatic carbocycles. The summed E-state index contributed by atoms with van der Waals surface area (Å²) >= 11 is 0. The van der Waals surface area contributed by atoms with Gasteiger partial charge < -0.3 is 15.0 Å². The average Bonchev–Trinajstić information content (AvgIpc) is 2.68. The molecule has 0 saturated carbocycles. The highest BCUT2D eigenvalue weighted by Crippen LogP contribution is 2.22. The lowest BCUT2D eigenvalue weighted by Crippen LogP contribution is -2.43. The number of aryl methyl sites for hydroxylation is 1. The molecule has 19 heavy (non-hydrogen) atoms. The van der Waals surface area contributed by atoms with E-state index in [0.717, 1.165) is 17.1 Å². The largest absolute Gasteiger partial charge is 0.378 e. The van der Waals surface area contributed by atoms with Crippen LogP contribution in [0.4, 0.5) is 10.5 Å². The third kappa shape index (κ3) is 2.89. The summed E-state index contributed by atoms with van der Waals surface area (Å²) in [6.07, 6.45) is 0. The zero-order chi connectivity index (χ0) is 14.0. The molecule has 0 bridgehead atoms. The molecule has 106 valence electrons. The van der Waals surface area contributed by atoms with Crippen molar-refractivity contribution in [3.63, 3.8) is 0 Å². The van der Waals surface area contributed by atoms with Crippen LogP contribution in [0.5, 0.6) is 0 Å². The third-order valence-corrected chi connectivity index (χ3v) is 3.34. The molecule has 1 aromatic heterocycles. The van der Waals surface area contributed by atoms with Crippen LogP contribution in [0.1, 0.15) is 31.3 Å². The van der Waals surface area contributed by atoms with Crippen molar-refractivity contribution in [3.05, 3.63) is 11.4 Å². The van der Waals surface area contributed by atoms with Crippen LogP contribution in [-0.2, 0) is 4.74 Å². The van der Waals surface area contributed by atoms with Crippen molar-refractivity contribution in [2.45, 2.75) is 33.7 Å². The Bertz CT molecular complexity index is 461. The van der Waals surface area contributed by atoms with Crippen molar-refractivity contribution in [3.8, 4) is 0 Å². The molecule has 1 aliphatic rings. The number of rotatable bonds is 2. The maximum atomic E-state index is 12.2. The molecule has 1 saturated heterocycles. The van der Waals surface area contributed by atoms with Crippen molar-refractivity contribution in [1.29, 1.82) is 0 Å². The number of nitrogens with one attached hydrogen (secondary N) is 1. The van der Waals surface area contributed by atoms with Gasteiger partial charge in [0.05, 0.1) is 30.3 Å². The van der Waals surface area contributed by atoms with E-state index in [4.69, 9.17) is 4.74 Å². The Labute approximate surface area is 113 Å². The number of amides is 2. The van der Waals surface area contributed by atoms with Gasteiger partial charge >= 0.3 is 6.03 Å². The number of ether oxygens (including phenoxy) is 1. The maximum absolute atomic E-state index is 12.2. The van der Waals surface area contributed by atoms with E-state index in [0.29, 0.717) is 26.3 Å². The van der Waals surface area contributed by atoms with E-state index in [1.54, 1.807) is 4.90 Å². The number of anilines is 1. The topological polar surface area (TPSA) is 59.4 Å². The number of nitrogens with zero attached hydrogens (tertiary/aromatic N) is 3. The van der Waals surface area contributed by atoms with Crippen molar-refractivity contribution in [1.82, 2.24) is 14.7 Å². The number of carbonyl (C=O) groups excluding carboxylic acids is 1. The molecule has 1 N–H and O–H groups in total. The second kappa shape index (κ2) is 5.61. The van der Waals surface area contributed by atoms with Crippen LogP contribution in [0.2, 0.25) is 0 Å². The zero-order valence-corrected chi connectivity index (χ0v) is 12.1. The van der Waals surface area contributed by atoms with Crippen LogP contribution < -0.4 is 5.32 Å². The van der Waals surface area contributed by atoms with E-state index in [9.17, 15) is 4.79 Å². The first-order valence-corrected chi connectivity index (χ1v) is 6.70. The fourth-order valence-corrected chi connectivity index (χ4v) is 2.30. The van der Waals surface area contributed by atoms with Crippen molar-refractivity contribution >= 4 is 11.7 Å². The standard InChI is InChI=1S/C13H22N4O2/c1-9(2)17-11(4)12(10(3)15-17)14-13(18)16-5-7-19-8-6-16/h9H,5-8H2,1-4H3,(H,14,18). The summed E-state index contributed by atoms with van der Waals surface area (Å²) in [4.78, 5) is 13.9. The summed E-state index contributed by atoms with van der Waals surface area (Å²) in [7, 11) is 0.